The van der Waals surface area contributed by atoms with Gasteiger partial charge in [-0.05, 0) is 38.8 Å². The van der Waals surface area contributed by atoms with Gasteiger partial charge in [0, 0.05) is 19.0 Å². The zero-order valence-corrected chi connectivity index (χ0v) is 9.74. The predicted octanol–water partition coefficient (Wildman–Crippen LogP) is 0.609. The molecule has 0 amide bonds. The molecule has 4 heteroatoms. The lowest BCUT2D eigenvalue weighted by Gasteiger charge is -2.33. The van der Waals surface area contributed by atoms with E-state index in [9.17, 15) is 4.79 Å². The molecule has 15 heavy (non-hydrogen) atoms. The summed E-state index contributed by atoms with van der Waals surface area (Å²) in [4.78, 5) is 13.3. The van der Waals surface area contributed by atoms with E-state index >= 15 is 0 Å². The number of rotatable bonds is 4. The van der Waals surface area contributed by atoms with Crippen LogP contribution in [0.4, 0.5) is 0 Å². The van der Waals surface area contributed by atoms with Crippen LogP contribution >= 0.6 is 0 Å². The van der Waals surface area contributed by atoms with Crippen molar-refractivity contribution in [2.24, 2.45) is 11.7 Å². The van der Waals surface area contributed by atoms with E-state index in [-0.39, 0.29) is 12.0 Å². The predicted molar refractivity (Wildman–Crippen MR) is 59.4 cm³/mol. The standard InChI is InChI=1S/C11H22N2O2/c1-13-7-3-4-9(8-13)10(12)5-6-11(14)15-2/h9-10H,3-8,12H2,1-2H3. The number of carbonyl (C=O) groups is 1. The number of esters is 1. The highest BCUT2D eigenvalue weighted by Crippen LogP contribution is 2.20. The molecule has 1 aliphatic rings. The molecule has 0 radical (unpaired) electrons. The zero-order valence-electron chi connectivity index (χ0n) is 9.74. The van der Waals surface area contributed by atoms with Gasteiger partial charge >= 0.3 is 5.97 Å². The Morgan fingerprint density at radius 2 is 2.40 bits per heavy atom. The molecule has 0 aliphatic carbocycles. The van der Waals surface area contributed by atoms with E-state index in [1.54, 1.807) is 0 Å². The Hall–Kier alpha value is -0.610. The first-order valence-electron chi connectivity index (χ1n) is 5.64. The zero-order chi connectivity index (χ0) is 11.3. The minimum absolute atomic E-state index is 0.131. The van der Waals surface area contributed by atoms with Gasteiger partial charge in [0.25, 0.3) is 0 Å². The number of carbonyl (C=O) groups excluding carboxylic acids is 1. The Kier molecular flexibility index (Phi) is 5.05. The molecule has 88 valence electrons. The van der Waals surface area contributed by atoms with Gasteiger partial charge in [0.15, 0.2) is 0 Å². The van der Waals surface area contributed by atoms with Crippen molar-refractivity contribution in [2.75, 3.05) is 27.2 Å². The van der Waals surface area contributed by atoms with Crippen molar-refractivity contribution < 1.29 is 9.53 Å². The van der Waals surface area contributed by atoms with Crippen molar-refractivity contribution in [3.05, 3.63) is 0 Å². The van der Waals surface area contributed by atoms with Crippen LogP contribution in [-0.4, -0.2) is 44.2 Å². The molecule has 0 saturated carbocycles. The van der Waals surface area contributed by atoms with Gasteiger partial charge in [0.2, 0.25) is 0 Å². The quantitative estimate of drug-likeness (QED) is 0.697. The molecule has 1 heterocycles. The van der Waals surface area contributed by atoms with Gasteiger partial charge in [-0.15, -0.1) is 0 Å². The third-order valence-electron chi connectivity index (χ3n) is 3.18. The molecule has 2 unspecified atom stereocenters. The Bertz CT molecular complexity index is 209. The number of hydrogen-bond donors (Lipinski definition) is 1. The van der Waals surface area contributed by atoms with Crippen LogP contribution in [0.5, 0.6) is 0 Å². The lowest BCUT2D eigenvalue weighted by atomic mass is 9.89. The number of ether oxygens (including phenoxy) is 1. The highest BCUT2D eigenvalue weighted by atomic mass is 16.5. The van der Waals surface area contributed by atoms with E-state index in [2.05, 4.69) is 16.7 Å². The molecule has 0 bridgehead atoms. The van der Waals surface area contributed by atoms with Crippen molar-refractivity contribution in [1.82, 2.24) is 4.90 Å². The van der Waals surface area contributed by atoms with E-state index in [0.29, 0.717) is 12.3 Å². The Morgan fingerprint density at radius 3 is 3.00 bits per heavy atom. The van der Waals surface area contributed by atoms with Crippen LogP contribution in [0.2, 0.25) is 0 Å². The maximum atomic E-state index is 11.0. The van der Waals surface area contributed by atoms with Crippen molar-refractivity contribution in [3.8, 4) is 0 Å². The molecule has 1 aliphatic heterocycles. The first kappa shape index (κ1) is 12.5. The fourth-order valence-electron chi connectivity index (χ4n) is 2.18. The van der Waals surface area contributed by atoms with E-state index in [1.807, 2.05) is 0 Å². The van der Waals surface area contributed by atoms with Crippen molar-refractivity contribution >= 4 is 5.97 Å². The fraction of sp³-hybridized carbons (Fsp3) is 0.909. The molecular weight excluding hydrogens is 192 g/mol. The van der Waals surface area contributed by atoms with Gasteiger partial charge in [0.05, 0.1) is 7.11 Å². The molecule has 0 aromatic carbocycles. The summed E-state index contributed by atoms with van der Waals surface area (Å²) < 4.78 is 4.60. The number of nitrogens with zero attached hydrogens (tertiary/aromatic N) is 1. The molecular formula is C11H22N2O2. The number of piperidine rings is 1. The van der Waals surface area contributed by atoms with Crippen LogP contribution in [0.1, 0.15) is 25.7 Å². The number of nitrogens with two attached hydrogens (primary N) is 1. The van der Waals surface area contributed by atoms with Gasteiger partial charge in [-0.3, -0.25) is 4.79 Å². The molecule has 0 aromatic rings. The Labute approximate surface area is 91.8 Å². The second-order valence-corrected chi connectivity index (χ2v) is 4.44. The van der Waals surface area contributed by atoms with Gasteiger partial charge < -0.3 is 15.4 Å². The summed E-state index contributed by atoms with van der Waals surface area (Å²) in [6.07, 6.45) is 3.59. The normalized spacial score (nSPS) is 24.9. The largest absolute Gasteiger partial charge is 0.469 e. The van der Waals surface area contributed by atoms with E-state index in [1.165, 1.54) is 26.5 Å². The number of methoxy groups -OCH3 is 1. The lowest BCUT2D eigenvalue weighted by molar-refractivity contribution is -0.140. The molecule has 1 rings (SSSR count). The van der Waals surface area contributed by atoms with Gasteiger partial charge in [0.1, 0.15) is 0 Å². The summed E-state index contributed by atoms with van der Waals surface area (Å²) >= 11 is 0. The van der Waals surface area contributed by atoms with Crippen LogP contribution in [0.3, 0.4) is 0 Å². The van der Waals surface area contributed by atoms with Crippen LogP contribution in [-0.2, 0) is 9.53 Å². The first-order valence-corrected chi connectivity index (χ1v) is 5.64. The Morgan fingerprint density at radius 1 is 1.67 bits per heavy atom. The smallest absolute Gasteiger partial charge is 0.305 e. The topological polar surface area (TPSA) is 55.6 Å². The van der Waals surface area contributed by atoms with Crippen LogP contribution in [0.25, 0.3) is 0 Å². The SMILES string of the molecule is COC(=O)CCC(N)C1CCCN(C)C1. The average Bonchev–Trinajstić information content (AvgIpc) is 2.25. The van der Waals surface area contributed by atoms with Gasteiger partial charge in [-0.1, -0.05) is 0 Å². The molecule has 0 aromatic heterocycles. The molecule has 1 fully saturated rings. The number of hydrogen-bond acceptors (Lipinski definition) is 4. The highest BCUT2D eigenvalue weighted by molar-refractivity contribution is 5.69. The summed E-state index contributed by atoms with van der Waals surface area (Å²) in [7, 11) is 3.54. The summed E-state index contributed by atoms with van der Waals surface area (Å²) in [5, 5.41) is 0. The molecule has 2 N–H and O–H groups in total. The third kappa shape index (κ3) is 4.18. The maximum Gasteiger partial charge on any atom is 0.305 e. The second-order valence-electron chi connectivity index (χ2n) is 4.44. The van der Waals surface area contributed by atoms with Crippen LogP contribution in [0.15, 0.2) is 0 Å². The summed E-state index contributed by atoms with van der Waals surface area (Å²) in [6.45, 7) is 2.22. The molecule has 4 nitrogen and oxygen atoms in total. The van der Waals surface area contributed by atoms with E-state index in [0.717, 1.165) is 13.0 Å². The lowest BCUT2D eigenvalue weighted by Crippen LogP contribution is -2.42. The van der Waals surface area contributed by atoms with Crippen LogP contribution < -0.4 is 5.73 Å². The molecule has 2 atom stereocenters. The van der Waals surface area contributed by atoms with Crippen molar-refractivity contribution in [2.45, 2.75) is 31.7 Å². The summed E-state index contributed by atoms with van der Waals surface area (Å²) in [5.74, 6) is 0.378. The van der Waals surface area contributed by atoms with Crippen molar-refractivity contribution in [1.29, 1.82) is 0 Å². The third-order valence-corrected chi connectivity index (χ3v) is 3.18. The minimum atomic E-state index is -0.158. The van der Waals surface area contributed by atoms with Gasteiger partial charge in [-0.2, -0.15) is 0 Å². The van der Waals surface area contributed by atoms with E-state index < -0.39 is 0 Å². The Balaban J connectivity index is 2.26. The van der Waals surface area contributed by atoms with Crippen LogP contribution in [0, 0.1) is 5.92 Å². The highest BCUT2D eigenvalue weighted by Gasteiger charge is 2.23. The molecule has 1 saturated heterocycles. The summed E-state index contributed by atoms with van der Waals surface area (Å²) in [6, 6.07) is 0.131. The maximum absolute atomic E-state index is 11.0. The summed E-state index contributed by atoms with van der Waals surface area (Å²) in [5.41, 5.74) is 6.08. The number of likely N-dealkylation sites (tertiary alicyclic amines) is 1. The van der Waals surface area contributed by atoms with Crippen molar-refractivity contribution in [3.63, 3.8) is 0 Å². The van der Waals surface area contributed by atoms with Gasteiger partial charge in [-0.25, -0.2) is 0 Å². The minimum Gasteiger partial charge on any atom is -0.469 e. The second kappa shape index (κ2) is 6.08. The average molecular weight is 214 g/mol. The van der Waals surface area contributed by atoms with E-state index in [4.69, 9.17) is 5.73 Å². The first-order chi connectivity index (χ1) is 7.13. The molecule has 0 spiro atoms. The monoisotopic (exact) mass is 214 g/mol. The fourth-order valence-corrected chi connectivity index (χ4v) is 2.18.